The minimum absolute atomic E-state index is 0.00171. The standard InChI is InChI=1S/C10H10N2O2S2/c1-12-9(13)7-5-2-3-14-4-6(5)16-8(7)11-10(12)15/h2-4H2,1H3,(H,11,15). The van der Waals surface area contributed by atoms with Gasteiger partial charge >= 0.3 is 0 Å². The van der Waals surface area contributed by atoms with Gasteiger partial charge < -0.3 is 9.72 Å². The summed E-state index contributed by atoms with van der Waals surface area (Å²) in [5.41, 5.74) is 1.14. The van der Waals surface area contributed by atoms with E-state index in [9.17, 15) is 4.79 Å². The van der Waals surface area contributed by atoms with Gasteiger partial charge in [0.05, 0.1) is 18.6 Å². The molecule has 0 aromatic carbocycles. The van der Waals surface area contributed by atoms with Crippen LogP contribution in [0.2, 0.25) is 0 Å². The van der Waals surface area contributed by atoms with Gasteiger partial charge in [-0.05, 0) is 24.2 Å². The number of thiophene rings is 1. The Morgan fingerprint density at radius 3 is 3.19 bits per heavy atom. The maximum Gasteiger partial charge on any atom is 0.263 e. The zero-order valence-electron chi connectivity index (χ0n) is 8.70. The average molecular weight is 254 g/mol. The fourth-order valence-corrected chi connectivity index (χ4v) is 3.41. The van der Waals surface area contributed by atoms with Gasteiger partial charge in [0, 0.05) is 11.9 Å². The van der Waals surface area contributed by atoms with Crippen LogP contribution in [-0.4, -0.2) is 16.2 Å². The van der Waals surface area contributed by atoms with Crippen LogP contribution in [0.5, 0.6) is 0 Å². The molecular weight excluding hydrogens is 244 g/mol. The number of fused-ring (bicyclic) bond motifs is 3. The summed E-state index contributed by atoms with van der Waals surface area (Å²) in [5.74, 6) is 0. The summed E-state index contributed by atoms with van der Waals surface area (Å²) >= 11 is 6.67. The van der Waals surface area contributed by atoms with Crippen molar-refractivity contribution >= 4 is 33.8 Å². The van der Waals surface area contributed by atoms with Gasteiger partial charge in [0.25, 0.3) is 5.56 Å². The lowest BCUT2D eigenvalue weighted by molar-refractivity contribution is 0.114. The first-order valence-corrected chi connectivity index (χ1v) is 6.22. The fraction of sp³-hybridized carbons (Fsp3) is 0.400. The Hall–Kier alpha value is -0.980. The molecule has 0 amide bonds. The van der Waals surface area contributed by atoms with Crippen LogP contribution >= 0.6 is 23.6 Å². The Morgan fingerprint density at radius 2 is 2.38 bits per heavy atom. The van der Waals surface area contributed by atoms with E-state index in [4.69, 9.17) is 17.0 Å². The molecule has 1 aliphatic rings. The highest BCUT2D eigenvalue weighted by Crippen LogP contribution is 2.31. The van der Waals surface area contributed by atoms with Gasteiger partial charge in [-0.15, -0.1) is 11.3 Å². The minimum atomic E-state index is -0.00171. The van der Waals surface area contributed by atoms with Crippen molar-refractivity contribution in [1.29, 1.82) is 0 Å². The fourth-order valence-electron chi connectivity index (χ4n) is 1.99. The van der Waals surface area contributed by atoms with E-state index in [1.54, 1.807) is 18.4 Å². The molecule has 0 aliphatic carbocycles. The Morgan fingerprint density at radius 1 is 1.56 bits per heavy atom. The number of H-pyrrole nitrogens is 1. The molecule has 0 fully saturated rings. The second-order valence-corrected chi connectivity index (χ2v) is 5.30. The second-order valence-electron chi connectivity index (χ2n) is 3.80. The minimum Gasteiger partial charge on any atom is -0.376 e. The Kier molecular flexibility index (Phi) is 2.24. The molecule has 3 heterocycles. The third-order valence-electron chi connectivity index (χ3n) is 2.86. The molecule has 16 heavy (non-hydrogen) atoms. The van der Waals surface area contributed by atoms with E-state index in [1.807, 2.05) is 0 Å². The summed E-state index contributed by atoms with van der Waals surface area (Å²) in [7, 11) is 1.70. The first-order valence-electron chi connectivity index (χ1n) is 5.00. The Balaban J connectivity index is 2.50. The summed E-state index contributed by atoms with van der Waals surface area (Å²) in [6.45, 7) is 1.30. The average Bonchev–Trinajstić information content (AvgIpc) is 2.64. The molecular formula is C10H10N2O2S2. The zero-order chi connectivity index (χ0) is 11.3. The van der Waals surface area contributed by atoms with Crippen molar-refractivity contribution in [3.05, 3.63) is 25.6 Å². The lowest BCUT2D eigenvalue weighted by Gasteiger charge is -2.11. The summed E-state index contributed by atoms with van der Waals surface area (Å²) < 4.78 is 7.34. The lowest BCUT2D eigenvalue weighted by atomic mass is 10.1. The van der Waals surface area contributed by atoms with Crippen molar-refractivity contribution < 1.29 is 4.74 Å². The summed E-state index contributed by atoms with van der Waals surface area (Å²) in [4.78, 5) is 17.2. The van der Waals surface area contributed by atoms with E-state index in [0.717, 1.165) is 27.1 Å². The first kappa shape index (κ1) is 10.2. The Bertz CT molecular complexity index is 680. The summed E-state index contributed by atoms with van der Waals surface area (Å²) in [5, 5.41) is 0.791. The predicted molar refractivity (Wildman–Crippen MR) is 65.6 cm³/mol. The normalized spacial score (nSPS) is 15.3. The highest BCUT2D eigenvalue weighted by Gasteiger charge is 2.19. The molecule has 0 spiro atoms. The molecule has 84 valence electrons. The van der Waals surface area contributed by atoms with E-state index >= 15 is 0 Å². The molecule has 0 saturated heterocycles. The van der Waals surface area contributed by atoms with Crippen LogP contribution in [0.1, 0.15) is 10.4 Å². The van der Waals surface area contributed by atoms with Crippen molar-refractivity contribution in [3.63, 3.8) is 0 Å². The lowest BCUT2D eigenvalue weighted by Crippen LogP contribution is -2.19. The summed E-state index contributed by atoms with van der Waals surface area (Å²) in [6.07, 6.45) is 0.815. The van der Waals surface area contributed by atoms with Crippen LogP contribution in [0.4, 0.5) is 0 Å². The number of nitrogens with one attached hydrogen (secondary N) is 1. The van der Waals surface area contributed by atoms with Crippen LogP contribution in [0.3, 0.4) is 0 Å². The van der Waals surface area contributed by atoms with Gasteiger partial charge in [-0.3, -0.25) is 9.36 Å². The van der Waals surface area contributed by atoms with Gasteiger partial charge in [-0.25, -0.2) is 0 Å². The van der Waals surface area contributed by atoms with Crippen molar-refractivity contribution in [2.24, 2.45) is 7.05 Å². The van der Waals surface area contributed by atoms with Gasteiger partial charge in [0.2, 0.25) is 0 Å². The highest BCUT2D eigenvalue weighted by molar-refractivity contribution is 7.71. The molecule has 0 saturated carbocycles. The third kappa shape index (κ3) is 1.30. The van der Waals surface area contributed by atoms with Gasteiger partial charge in [0.15, 0.2) is 4.77 Å². The number of rotatable bonds is 0. The number of hydrogen-bond donors (Lipinski definition) is 1. The number of aromatic amines is 1. The van der Waals surface area contributed by atoms with E-state index in [1.165, 1.54) is 4.57 Å². The van der Waals surface area contributed by atoms with Gasteiger partial charge in [-0.1, -0.05) is 0 Å². The quantitative estimate of drug-likeness (QED) is 0.728. The predicted octanol–water partition coefficient (Wildman–Crippen LogP) is 1.73. The third-order valence-corrected chi connectivity index (χ3v) is 4.36. The number of ether oxygens (including phenoxy) is 1. The van der Waals surface area contributed by atoms with Crippen LogP contribution in [0.15, 0.2) is 4.79 Å². The molecule has 2 aromatic heterocycles. The molecule has 0 atom stereocenters. The first-order chi connectivity index (χ1) is 7.68. The maximum atomic E-state index is 12.1. The van der Waals surface area contributed by atoms with Crippen LogP contribution in [0.25, 0.3) is 10.2 Å². The molecule has 1 N–H and O–H groups in total. The van der Waals surface area contributed by atoms with Crippen molar-refractivity contribution in [2.75, 3.05) is 6.61 Å². The van der Waals surface area contributed by atoms with Crippen LogP contribution < -0.4 is 5.56 Å². The number of aromatic nitrogens is 2. The molecule has 0 unspecified atom stereocenters. The van der Waals surface area contributed by atoms with E-state index in [-0.39, 0.29) is 5.56 Å². The monoisotopic (exact) mass is 254 g/mol. The van der Waals surface area contributed by atoms with Crippen molar-refractivity contribution in [2.45, 2.75) is 13.0 Å². The molecule has 3 rings (SSSR count). The van der Waals surface area contributed by atoms with Crippen molar-refractivity contribution in [1.82, 2.24) is 9.55 Å². The molecule has 4 nitrogen and oxygen atoms in total. The highest BCUT2D eigenvalue weighted by atomic mass is 32.1. The smallest absolute Gasteiger partial charge is 0.263 e. The number of hydrogen-bond acceptors (Lipinski definition) is 4. The number of nitrogens with zero attached hydrogens (tertiary/aromatic N) is 1. The van der Waals surface area contributed by atoms with E-state index in [0.29, 0.717) is 18.0 Å². The molecule has 0 radical (unpaired) electrons. The summed E-state index contributed by atoms with van der Waals surface area (Å²) in [6, 6.07) is 0. The maximum absolute atomic E-state index is 12.1. The molecule has 0 bridgehead atoms. The van der Waals surface area contributed by atoms with E-state index < -0.39 is 0 Å². The van der Waals surface area contributed by atoms with Crippen LogP contribution in [0, 0.1) is 4.77 Å². The van der Waals surface area contributed by atoms with Crippen LogP contribution in [-0.2, 0) is 24.8 Å². The SMILES string of the molecule is Cn1c(=S)[nH]c2sc3c(c2c1=O)CCOC3. The topological polar surface area (TPSA) is 47.0 Å². The van der Waals surface area contributed by atoms with Crippen molar-refractivity contribution in [3.8, 4) is 0 Å². The zero-order valence-corrected chi connectivity index (χ0v) is 10.3. The Labute approximate surface area is 100 Å². The van der Waals surface area contributed by atoms with Gasteiger partial charge in [0.1, 0.15) is 4.83 Å². The van der Waals surface area contributed by atoms with Gasteiger partial charge in [-0.2, -0.15) is 0 Å². The second kappa shape index (κ2) is 3.51. The molecule has 1 aliphatic heterocycles. The van der Waals surface area contributed by atoms with E-state index in [2.05, 4.69) is 4.98 Å². The molecule has 6 heteroatoms. The largest absolute Gasteiger partial charge is 0.376 e. The molecule has 2 aromatic rings.